The maximum atomic E-state index is 12.8. The van der Waals surface area contributed by atoms with E-state index in [2.05, 4.69) is 5.32 Å². The fourth-order valence-electron chi connectivity index (χ4n) is 3.24. The molecule has 0 aromatic heterocycles. The van der Waals surface area contributed by atoms with Crippen LogP contribution in [0.4, 0.5) is 5.69 Å². The number of allylic oxidation sites excluding steroid dienone is 2. The number of rotatable bonds is 7. The highest BCUT2D eigenvalue weighted by Crippen LogP contribution is 2.42. The molecular formula is C20H24N2O6. The molecule has 0 radical (unpaired) electrons. The van der Waals surface area contributed by atoms with Crippen molar-refractivity contribution in [1.29, 1.82) is 0 Å². The van der Waals surface area contributed by atoms with Crippen LogP contribution in [-0.4, -0.2) is 30.6 Å². The summed E-state index contributed by atoms with van der Waals surface area (Å²) < 4.78 is 10.3. The number of carbonyl (C=O) groups is 2. The van der Waals surface area contributed by atoms with Gasteiger partial charge in [-0.3, -0.25) is 10.1 Å². The maximum absolute atomic E-state index is 12.8. The molecule has 1 aromatic carbocycles. The summed E-state index contributed by atoms with van der Waals surface area (Å²) in [5, 5.41) is 14.6. The van der Waals surface area contributed by atoms with E-state index in [1.807, 2.05) is 6.92 Å². The third-order valence-electron chi connectivity index (χ3n) is 4.56. The Bertz CT molecular complexity index is 856. The van der Waals surface area contributed by atoms with Crippen LogP contribution in [0.5, 0.6) is 0 Å². The molecule has 8 nitrogen and oxygen atoms in total. The molecule has 2 rings (SSSR count). The number of ether oxygens (including phenoxy) is 2. The zero-order chi connectivity index (χ0) is 20.8. The third kappa shape index (κ3) is 4.21. The Labute approximate surface area is 163 Å². The van der Waals surface area contributed by atoms with Gasteiger partial charge in [0.05, 0.1) is 35.7 Å². The number of nitrogens with zero attached hydrogens (tertiary/aromatic N) is 1. The average molecular weight is 388 g/mol. The lowest BCUT2D eigenvalue weighted by atomic mass is 9.79. The lowest BCUT2D eigenvalue weighted by Crippen LogP contribution is -2.32. The number of nitro groups is 1. The van der Waals surface area contributed by atoms with E-state index in [0.29, 0.717) is 17.8 Å². The number of esters is 2. The molecule has 0 amide bonds. The summed E-state index contributed by atoms with van der Waals surface area (Å²) in [5.74, 6) is -2.25. The SMILES string of the molecule is CCCCOC(=O)C1=C(C)NC(C)=C(C(=O)OC)C1c1ccccc1[N+](=O)[O-]. The first-order valence-corrected chi connectivity index (χ1v) is 9.00. The van der Waals surface area contributed by atoms with E-state index in [1.165, 1.54) is 25.3 Å². The van der Waals surface area contributed by atoms with Gasteiger partial charge in [-0.15, -0.1) is 0 Å². The van der Waals surface area contributed by atoms with Crippen LogP contribution in [0, 0.1) is 10.1 Å². The topological polar surface area (TPSA) is 108 Å². The minimum absolute atomic E-state index is 0.143. The van der Waals surface area contributed by atoms with E-state index in [4.69, 9.17) is 9.47 Å². The zero-order valence-electron chi connectivity index (χ0n) is 16.4. The highest BCUT2D eigenvalue weighted by atomic mass is 16.6. The number of dihydropyridines is 1. The molecule has 0 aliphatic carbocycles. The number of nitro benzene ring substituents is 1. The minimum Gasteiger partial charge on any atom is -0.466 e. The van der Waals surface area contributed by atoms with Crippen molar-refractivity contribution >= 4 is 17.6 Å². The highest BCUT2D eigenvalue weighted by Gasteiger charge is 2.40. The number of nitrogens with one attached hydrogen (secondary N) is 1. The smallest absolute Gasteiger partial charge is 0.336 e. The Kier molecular flexibility index (Phi) is 6.92. The summed E-state index contributed by atoms with van der Waals surface area (Å²) in [6.07, 6.45) is 1.55. The van der Waals surface area contributed by atoms with Gasteiger partial charge in [0.15, 0.2) is 0 Å². The molecule has 1 N–H and O–H groups in total. The second kappa shape index (κ2) is 9.16. The normalized spacial score (nSPS) is 16.5. The number of para-hydroxylation sites is 1. The van der Waals surface area contributed by atoms with Crippen molar-refractivity contribution in [1.82, 2.24) is 5.32 Å². The predicted molar refractivity (Wildman–Crippen MR) is 102 cm³/mol. The summed E-state index contributed by atoms with van der Waals surface area (Å²) >= 11 is 0. The third-order valence-corrected chi connectivity index (χ3v) is 4.56. The first-order chi connectivity index (χ1) is 13.3. The van der Waals surface area contributed by atoms with Gasteiger partial charge in [0, 0.05) is 23.0 Å². The molecule has 150 valence electrons. The summed E-state index contributed by atoms with van der Waals surface area (Å²) in [5.41, 5.74) is 1.31. The first-order valence-electron chi connectivity index (χ1n) is 9.00. The molecular weight excluding hydrogens is 364 g/mol. The first kappa shape index (κ1) is 21.1. The molecule has 1 atom stereocenters. The minimum atomic E-state index is -0.968. The van der Waals surface area contributed by atoms with Gasteiger partial charge < -0.3 is 14.8 Å². The van der Waals surface area contributed by atoms with Gasteiger partial charge in [0.1, 0.15) is 0 Å². The number of hydrogen-bond acceptors (Lipinski definition) is 7. The van der Waals surface area contributed by atoms with Crippen molar-refractivity contribution in [2.75, 3.05) is 13.7 Å². The molecule has 1 aliphatic heterocycles. The van der Waals surface area contributed by atoms with E-state index < -0.39 is 22.8 Å². The van der Waals surface area contributed by atoms with E-state index >= 15 is 0 Å². The summed E-state index contributed by atoms with van der Waals surface area (Å²) in [4.78, 5) is 36.4. The lowest BCUT2D eigenvalue weighted by molar-refractivity contribution is -0.385. The van der Waals surface area contributed by atoms with Crippen molar-refractivity contribution in [3.63, 3.8) is 0 Å². The molecule has 8 heteroatoms. The number of carbonyl (C=O) groups excluding carboxylic acids is 2. The van der Waals surface area contributed by atoms with E-state index in [9.17, 15) is 19.7 Å². The molecule has 1 aromatic rings. The molecule has 0 fully saturated rings. The van der Waals surface area contributed by atoms with Crippen molar-refractivity contribution in [3.05, 3.63) is 62.5 Å². The second-order valence-electron chi connectivity index (χ2n) is 6.43. The van der Waals surface area contributed by atoms with Crippen molar-refractivity contribution in [2.45, 2.75) is 39.5 Å². The number of unbranched alkanes of at least 4 members (excludes halogenated alkanes) is 1. The van der Waals surface area contributed by atoms with Crippen LogP contribution in [0.15, 0.2) is 46.8 Å². The number of methoxy groups -OCH3 is 1. The fourth-order valence-corrected chi connectivity index (χ4v) is 3.24. The van der Waals surface area contributed by atoms with Crippen LogP contribution in [0.1, 0.15) is 45.1 Å². The van der Waals surface area contributed by atoms with Crippen molar-refractivity contribution in [3.8, 4) is 0 Å². The zero-order valence-corrected chi connectivity index (χ0v) is 16.4. The van der Waals surface area contributed by atoms with Gasteiger partial charge in [0.2, 0.25) is 0 Å². The molecule has 1 unspecified atom stereocenters. The second-order valence-corrected chi connectivity index (χ2v) is 6.43. The molecule has 1 heterocycles. The molecule has 0 saturated heterocycles. The van der Waals surface area contributed by atoms with Crippen LogP contribution in [0.25, 0.3) is 0 Å². The Morgan fingerprint density at radius 3 is 2.32 bits per heavy atom. The summed E-state index contributed by atoms with van der Waals surface area (Å²) in [7, 11) is 1.23. The molecule has 0 spiro atoms. The van der Waals surface area contributed by atoms with Gasteiger partial charge in [-0.1, -0.05) is 31.5 Å². The summed E-state index contributed by atoms with van der Waals surface area (Å²) in [6, 6.07) is 6.05. The Balaban J connectivity index is 2.66. The fraction of sp³-hybridized carbons (Fsp3) is 0.400. The number of benzene rings is 1. The molecule has 0 saturated carbocycles. The highest BCUT2D eigenvalue weighted by molar-refractivity contribution is 6.00. The van der Waals surface area contributed by atoms with Crippen LogP contribution in [0.3, 0.4) is 0 Å². The van der Waals surface area contributed by atoms with Crippen molar-refractivity contribution < 1.29 is 24.0 Å². The summed E-state index contributed by atoms with van der Waals surface area (Å²) in [6.45, 7) is 5.54. The molecule has 1 aliphatic rings. The van der Waals surface area contributed by atoms with Gasteiger partial charge in [-0.2, -0.15) is 0 Å². The van der Waals surface area contributed by atoms with Crippen molar-refractivity contribution in [2.24, 2.45) is 0 Å². The maximum Gasteiger partial charge on any atom is 0.336 e. The Morgan fingerprint density at radius 2 is 1.75 bits per heavy atom. The van der Waals surface area contributed by atoms with E-state index in [1.54, 1.807) is 19.9 Å². The molecule has 0 bridgehead atoms. The average Bonchev–Trinajstić information content (AvgIpc) is 2.66. The predicted octanol–water partition coefficient (Wildman–Crippen LogP) is 3.35. The van der Waals surface area contributed by atoms with Gasteiger partial charge >= 0.3 is 11.9 Å². The van der Waals surface area contributed by atoms with Crippen LogP contribution in [-0.2, 0) is 19.1 Å². The Morgan fingerprint density at radius 1 is 1.14 bits per heavy atom. The number of hydrogen-bond donors (Lipinski definition) is 1. The monoisotopic (exact) mass is 388 g/mol. The quantitative estimate of drug-likeness (QED) is 0.330. The largest absolute Gasteiger partial charge is 0.466 e. The van der Waals surface area contributed by atoms with E-state index in [0.717, 1.165) is 6.42 Å². The van der Waals surface area contributed by atoms with Gasteiger partial charge in [0.25, 0.3) is 5.69 Å². The van der Waals surface area contributed by atoms with Crippen LogP contribution < -0.4 is 5.32 Å². The van der Waals surface area contributed by atoms with Crippen LogP contribution in [0.2, 0.25) is 0 Å². The van der Waals surface area contributed by atoms with E-state index in [-0.39, 0.29) is 29.0 Å². The lowest BCUT2D eigenvalue weighted by Gasteiger charge is -2.30. The standard InChI is InChI=1S/C20H24N2O6/c1-5-6-11-28-20(24)17-13(3)21-12(2)16(19(23)27-4)18(17)14-9-7-8-10-15(14)22(25)26/h7-10,18,21H,5-6,11H2,1-4H3. The van der Waals surface area contributed by atoms with Crippen LogP contribution >= 0.6 is 0 Å². The Hall–Kier alpha value is -3.16. The molecule has 28 heavy (non-hydrogen) atoms. The van der Waals surface area contributed by atoms with Gasteiger partial charge in [-0.25, -0.2) is 9.59 Å². The van der Waals surface area contributed by atoms with Gasteiger partial charge in [-0.05, 0) is 20.3 Å².